The first-order valence-corrected chi connectivity index (χ1v) is 11.1. The van der Waals surface area contributed by atoms with Crippen molar-refractivity contribution >= 4 is 34.9 Å². The standard InChI is InChI=1S/C24H23ClN2O2S/c1-15(2)21-6-7-22(30-21)17-10-18-11-19(29-24(18)20(25)12-17)14-27-23(28)8-5-16-4-3-9-26-13-16/h3-10,12-13,15,19H,11,14H2,1-2H3,(H,27,28)/b8-5+. The van der Waals surface area contributed by atoms with Gasteiger partial charge in [0, 0.05) is 40.2 Å². The van der Waals surface area contributed by atoms with Crippen LogP contribution < -0.4 is 10.1 Å². The van der Waals surface area contributed by atoms with Gasteiger partial charge in [0.05, 0.1) is 11.6 Å². The van der Waals surface area contributed by atoms with Gasteiger partial charge in [-0.15, -0.1) is 11.3 Å². The molecule has 1 amide bonds. The fourth-order valence-corrected chi connectivity index (χ4v) is 4.66. The third-order valence-electron chi connectivity index (χ3n) is 4.95. The Morgan fingerprint density at radius 3 is 2.97 bits per heavy atom. The summed E-state index contributed by atoms with van der Waals surface area (Å²) in [5.74, 6) is 1.08. The Morgan fingerprint density at radius 2 is 2.23 bits per heavy atom. The average Bonchev–Trinajstić information content (AvgIpc) is 3.39. The Hall–Kier alpha value is -2.63. The van der Waals surface area contributed by atoms with Gasteiger partial charge in [0.1, 0.15) is 11.9 Å². The zero-order valence-corrected chi connectivity index (χ0v) is 18.5. The van der Waals surface area contributed by atoms with Gasteiger partial charge in [-0.2, -0.15) is 0 Å². The van der Waals surface area contributed by atoms with Crippen molar-refractivity contribution in [3.63, 3.8) is 0 Å². The molecule has 3 heterocycles. The quantitative estimate of drug-likeness (QED) is 0.501. The lowest BCUT2D eigenvalue weighted by Gasteiger charge is -2.11. The average molecular weight is 439 g/mol. The summed E-state index contributed by atoms with van der Waals surface area (Å²) < 4.78 is 6.01. The molecule has 1 atom stereocenters. The van der Waals surface area contributed by atoms with Crippen molar-refractivity contribution in [2.24, 2.45) is 0 Å². The maximum Gasteiger partial charge on any atom is 0.244 e. The van der Waals surface area contributed by atoms with Crippen LogP contribution in [0.3, 0.4) is 0 Å². The Balaban J connectivity index is 1.38. The van der Waals surface area contributed by atoms with Crippen LogP contribution in [0.2, 0.25) is 5.02 Å². The van der Waals surface area contributed by atoms with Crippen LogP contribution in [-0.4, -0.2) is 23.5 Å². The number of benzene rings is 1. The number of halogens is 1. The molecule has 4 rings (SSSR count). The van der Waals surface area contributed by atoms with Gasteiger partial charge in [-0.3, -0.25) is 9.78 Å². The van der Waals surface area contributed by atoms with E-state index in [9.17, 15) is 4.79 Å². The Labute approximate surface area is 185 Å². The molecule has 0 saturated heterocycles. The van der Waals surface area contributed by atoms with E-state index < -0.39 is 0 Å². The highest BCUT2D eigenvalue weighted by atomic mass is 35.5. The number of amides is 1. The second-order valence-electron chi connectivity index (χ2n) is 7.61. The van der Waals surface area contributed by atoms with Crippen LogP contribution in [0.4, 0.5) is 0 Å². The molecule has 0 bridgehead atoms. The minimum Gasteiger partial charge on any atom is -0.486 e. The van der Waals surface area contributed by atoms with Gasteiger partial charge in [-0.05, 0) is 53.5 Å². The predicted octanol–water partition coefficient (Wildman–Crippen LogP) is 5.72. The molecule has 2 aromatic heterocycles. The van der Waals surface area contributed by atoms with Crippen LogP contribution >= 0.6 is 22.9 Å². The van der Waals surface area contributed by atoms with E-state index in [1.807, 2.05) is 18.2 Å². The molecule has 154 valence electrons. The van der Waals surface area contributed by atoms with Crippen LogP contribution in [0.1, 0.15) is 35.8 Å². The van der Waals surface area contributed by atoms with E-state index in [4.69, 9.17) is 16.3 Å². The summed E-state index contributed by atoms with van der Waals surface area (Å²) in [6.07, 6.45) is 7.24. The highest BCUT2D eigenvalue weighted by Gasteiger charge is 2.26. The van der Waals surface area contributed by atoms with Gasteiger partial charge in [-0.25, -0.2) is 0 Å². The molecule has 0 saturated carbocycles. The Kier molecular flexibility index (Phi) is 6.21. The molecule has 4 nitrogen and oxygen atoms in total. The Morgan fingerprint density at radius 1 is 1.37 bits per heavy atom. The molecule has 1 aliphatic heterocycles. The zero-order valence-electron chi connectivity index (χ0n) is 16.9. The maximum atomic E-state index is 12.1. The molecule has 30 heavy (non-hydrogen) atoms. The number of ether oxygens (including phenoxy) is 1. The maximum absolute atomic E-state index is 12.1. The minimum atomic E-state index is -0.162. The van der Waals surface area contributed by atoms with E-state index in [1.165, 1.54) is 15.8 Å². The SMILES string of the molecule is CC(C)c1ccc(-c2cc(Cl)c3c(c2)CC(CNC(=O)/C=C/c2cccnc2)O3)s1. The van der Waals surface area contributed by atoms with E-state index in [2.05, 4.69) is 42.3 Å². The highest BCUT2D eigenvalue weighted by Crippen LogP contribution is 2.41. The van der Waals surface area contributed by atoms with Crippen molar-refractivity contribution in [3.8, 4) is 16.2 Å². The molecule has 0 aliphatic carbocycles. The van der Waals surface area contributed by atoms with Crippen LogP contribution in [-0.2, 0) is 11.2 Å². The molecule has 3 aromatic rings. The second-order valence-corrected chi connectivity index (χ2v) is 9.13. The molecule has 1 aliphatic rings. The summed E-state index contributed by atoms with van der Waals surface area (Å²) in [5.41, 5.74) is 3.08. The number of hydrogen-bond acceptors (Lipinski definition) is 4. The lowest BCUT2D eigenvalue weighted by Crippen LogP contribution is -2.33. The molecule has 0 radical (unpaired) electrons. The topological polar surface area (TPSA) is 51.2 Å². The first-order chi connectivity index (χ1) is 14.5. The number of nitrogens with one attached hydrogen (secondary N) is 1. The third kappa shape index (κ3) is 4.74. The van der Waals surface area contributed by atoms with Crippen molar-refractivity contribution in [2.75, 3.05) is 6.54 Å². The lowest BCUT2D eigenvalue weighted by atomic mass is 10.1. The smallest absolute Gasteiger partial charge is 0.244 e. The molecule has 0 fully saturated rings. The summed E-state index contributed by atoms with van der Waals surface area (Å²) in [5, 5.41) is 3.52. The normalized spacial score (nSPS) is 15.4. The van der Waals surface area contributed by atoms with Crippen molar-refractivity contribution in [1.82, 2.24) is 10.3 Å². The van der Waals surface area contributed by atoms with E-state index in [-0.39, 0.29) is 12.0 Å². The van der Waals surface area contributed by atoms with Gasteiger partial charge >= 0.3 is 0 Å². The number of fused-ring (bicyclic) bond motifs is 1. The first kappa shape index (κ1) is 20.6. The van der Waals surface area contributed by atoms with E-state index >= 15 is 0 Å². The molecule has 1 aromatic carbocycles. The number of rotatable bonds is 6. The Bertz CT molecular complexity index is 1080. The monoisotopic (exact) mass is 438 g/mol. The number of carbonyl (C=O) groups excluding carboxylic acids is 1. The number of carbonyl (C=O) groups is 1. The zero-order chi connectivity index (χ0) is 21.1. The molecule has 0 spiro atoms. The first-order valence-electron chi connectivity index (χ1n) is 9.94. The van der Waals surface area contributed by atoms with Gasteiger partial charge in [-0.1, -0.05) is 31.5 Å². The number of pyridine rings is 1. The molecular weight excluding hydrogens is 416 g/mol. The van der Waals surface area contributed by atoms with Crippen LogP contribution in [0.25, 0.3) is 16.5 Å². The molecule has 1 N–H and O–H groups in total. The van der Waals surface area contributed by atoms with Crippen LogP contribution in [0.5, 0.6) is 5.75 Å². The van der Waals surface area contributed by atoms with Crippen LogP contribution in [0.15, 0.2) is 54.9 Å². The van der Waals surface area contributed by atoms with Crippen LogP contribution in [0, 0.1) is 0 Å². The van der Waals surface area contributed by atoms with Crippen molar-refractivity contribution in [1.29, 1.82) is 0 Å². The van der Waals surface area contributed by atoms with E-state index in [0.29, 0.717) is 17.5 Å². The largest absolute Gasteiger partial charge is 0.486 e. The predicted molar refractivity (Wildman–Crippen MR) is 123 cm³/mol. The third-order valence-corrected chi connectivity index (χ3v) is 6.66. The van der Waals surface area contributed by atoms with Gasteiger partial charge in [0.2, 0.25) is 5.91 Å². The summed E-state index contributed by atoms with van der Waals surface area (Å²) in [7, 11) is 0. The van der Waals surface area contributed by atoms with Crippen molar-refractivity contribution < 1.29 is 9.53 Å². The summed E-state index contributed by atoms with van der Waals surface area (Å²) in [6.45, 7) is 4.82. The fraction of sp³-hybridized carbons (Fsp3) is 0.250. The summed E-state index contributed by atoms with van der Waals surface area (Å²) in [4.78, 5) is 18.7. The highest BCUT2D eigenvalue weighted by molar-refractivity contribution is 7.15. The second kappa shape index (κ2) is 9.02. The minimum absolute atomic E-state index is 0.127. The lowest BCUT2D eigenvalue weighted by molar-refractivity contribution is -0.116. The van der Waals surface area contributed by atoms with E-state index in [1.54, 1.807) is 29.8 Å². The van der Waals surface area contributed by atoms with Crippen molar-refractivity contribution in [2.45, 2.75) is 32.3 Å². The summed E-state index contributed by atoms with van der Waals surface area (Å²) in [6, 6.07) is 12.2. The van der Waals surface area contributed by atoms with Gasteiger partial charge < -0.3 is 10.1 Å². The van der Waals surface area contributed by atoms with E-state index in [0.717, 1.165) is 28.9 Å². The number of hydrogen-bond donors (Lipinski definition) is 1. The van der Waals surface area contributed by atoms with Crippen molar-refractivity contribution in [3.05, 3.63) is 75.9 Å². The molecular formula is C24H23ClN2O2S. The van der Waals surface area contributed by atoms with Gasteiger partial charge in [0.15, 0.2) is 0 Å². The number of nitrogens with zero attached hydrogens (tertiary/aromatic N) is 1. The fourth-order valence-electron chi connectivity index (χ4n) is 3.38. The number of aromatic nitrogens is 1. The molecule has 1 unspecified atom stereocenters. The number of thiophene rings is 1. The molecule has 6 heteroatoms. The summed E-state index contributed by atoms with van der Waals surface area (Å²) >= 11 is 8.31. The van der Waals surface area contributed by atoms with Gasteiger partial charge in [0.25, 0.3) is 0 Å².